The van der Waals surface area contributed by atoms with Crippen molar-refractivity contribution in [3.8, 4) is 0 Å². The third kappa shape index (κ3) is 4.56. The number of hydrogen-bond acceptors (Lipinski definition) is 3. The molecule has 1 aromatic rings. The maximum atomic E-state index is 12.0. The molecule has 0 aromatic heterocycles. The molecule has 104 valence electrons. The summed E-state index contributed by atoms with van der Waals surface area (Å²) in [6, 6.07) is 5.74. The molecular weight excluding hydrogens is 374 g/mol. The number of benzene rings is 1. The maximum absolute atomic E-state index is 12.0. The van der Waals surface area contributed by atoms with Crippen molar-refractivity contribution in [3.05, 3.63) is 27.1 Å². The summed E-state index contributed by atoms with van der Waals surface area (Å²) in [5.74, 6) is 0.0309. The van der Waals surface area contributed by atoms with Crippen molar-refractivity contribution >= 4 is 43.5 Å². The molecule has 1 aliphatic heterocycles. The predicted octanol–water partition coefficient (Wildman–Crippen LogP) is 2.40. The fourth-order valence-corrected chi connectivity index (χ4v) is 2.70. The van der Waals surface area contributed by atoms with E-state index in [9.17, 15) is 4.79 Å². The molecule has 2 rings (SSSR count). The van der Waals surface area contributed by atoms with Crippen LogP contribution in [0.2, 0.25) is 0 Å². The number of halogens is 2. The smallest absolute Gasteiger partial charge is 0.238 e. The molecule has 1 amide bonds. The van der Waals surface area contributed by atoms with Gasteiger partial charge >= 0.3 is 0 Å². The van der Waals surface area contributed by atoms with Crippen LogP contribution in [0.25, 0.3) is 0 Å². The summed E-state index contributed by atoms with van der Waals surface area (Å²) in [6.45, 7) is 4.39. The summed E-state index contributed by atoms with van der Waals surface area (Å²) in [6.07, 6.45) is 0. The zero-order valence-electron chi connectivity index (χ0n) is 10.8. The van der Waals surface area contributed by atoms with E-state index in [1.807, 2.05) is 18.2 Å². The average molecular weight is 391 g/mol. The highest BCUT2D eigenvalue weighted by molar-refractivity contribution is 9.11. The van der Waals surface area contributed by atoms with Crippen LogP contribution in [0.5, 0.6) is 0 Å². The number of likely N-dealkylation sites (N-methyl/N-ethyl adjacent to an activating group) is 1. The van der Waals surface area contributed by atoms with Crippen LogP contribution in [-0.2, 0) is 4.79 Å². The van der Waals surface area contributed by atoms with Crippen molar-refractivity contribution in [1.29, 1.82) is 0 Å². The van der Waals surface area contributed by atoms with Gasteiger partial charge in [0.2, 0.25) is 5.91 Å². The largest absolute Gasteiger partial charge is 0.324 e. The Morgan fingerprint density at radius 3 is 2.63 bits per heavy atom. The van der Waals surface area contributed by atoms with Gasteiger partial charge in [-0.05, 0) is 41.2 Å². The Bertz CT molecular complexity index is 459. The van der Waals surface area contributed by atoms with Crippen molar-refractivity contribution in [3.63, 3.8) is 0 Å². The van der Waals surface area contributed by atoms with E-state index >= 15 is 0 Å². The van der Waals surface area contributed by atoms with Crippen LogP contribution in [0.3, 0.4) is 0 Å². The minimum atomic E-state index is 0.0309. The lowest BCUT2D eigenvalue weighted by molar-refractivity contribution is -0.117. The first-order valence-electron chi connectivity index (χ1n) is 6.20. The lowest BCUT2D eigenvalue weighted by atomic mass is 10.3. The summed E-state index contributed by atoms with van der Waals surface area (Å²) in [4.78, 5) is 16.5. The van der Waals surface area contributed by atoms with E-state index in [-0.39, 0.29) is 5.91 Å². The van der Waals surface area contributed by atoms with Gasteiger partial charge < -0.3 is 10.2 Å². The van der Waals surface area contributed by atoms with Gasteiger partial charge in [0.15, 0.2) is 0 Å². The maximum Gasteiger partial charge on any atom is 0.238 e. The van der Waals surface area contributed by atoms with Gasteiger partial charge in [-0.1, -0.05) is 15.9 Å². The topological polar surface area (TPSA) is 35.6 Å². The summed E-state index contributed by atoms with van der Waals surface area (Å²) >= 11 is 6.84. The van der Waals surface area contributed by atoms with Crippen molar-refractivity contribution in [2.75, 3.05) is 45.1 Å². The van der Waals surface area contributed by atoms with E-state index in [2.05, 4.69) is 54.0 Å². The highest BCUT2D eigenvalue weighted by Gasteiger charge is 2.16. The van der Waals surface area contributed by atoms with Gasteiger partial charge in [0, 0.05) is 35.1 Å². The second kappa shape index (κ2) is 6.83. The van der Waals surface area contributed by atoms with E-state index in [1.54, 1.807) is 0 Å². The van der Waals surface area contributed by atoms with Crippen molar-refractivity contribution in [1.82, 2.24) is 9.80 Å². The molecule has 0 unspecified atom stereocenters. The Hall–Kier alpha value is -0.430. The molecule has 0 saturated carbocycles. The number of amides is 1. The Kier molecular flexibility index (Phi) is 5.38. The summed E-state index contributed by atoms with van der Waals surface area (Å²) < 4.78 is 1.84. The second-order valence-electron chi connectivity index (χ2n) is 4.75. The minimum absolute atomic E-state index is 0.0309. The highest BCUT2D eigenvalue weighted by atomic mass is 79.9. The minimum Gasteiger partial charge on any atom is -0.324 e. The standard InChI is InChI=1S/C13H17Br2N3O/c1-17-4-6-18(7-5-17)9-13(19)16-12-8-10(14)2-3-11(12)15/h2-3,8H,4-7,9H2,1H3,(H,16,19). The zero-order chi connectivity index (χ0) is 13.8. The van der Waals surface area contributed by atoms with Crippen molar-refractivity contribution < 1.29 is 4.79 Å². The van der Waals surface area contributed by atoms with Gasteiger partial charge in [0.05, 0.1) is 12.2 Å². The molecule has 1 aromatic carbocycles. The fraction of sp³-hybridized carbons (Fsp3) is 0.462. The first kappa shape index (κ1) is 15.0. The normalized spacial score (nSPS) is 17.4. The second-order valence-corrected chi connectivity index (χ2v) is 6.52. The molecule has 0 radical (unpaired) electrons. The Morgan fingerprint density at radius 1 is 1.26 bits per heavy atom. The molecule has 0 spiro atoms. The number of hydrogen-bond donors (Lipinski definition) is 1. The summed E-state index contributed by atoms with van der Waals surface area (Å²) in [5.41, 5.74) is 0.800. The van der Waals surface area contributed by atoms with Crippen LogP contribution >= 0.6 is 31.9 Å². The predicted molar refractivity (Wildman–Crippen MR) is 84.4 cm³/mol. The molecule has 0 aliphatic carbocycles. The first-order chi connectivity index (χ1) is 9.04. The van der Waals surface area contributed by atoms with Crippen molar-refractivity contribution in [2.45, 2.75) is 0 Å². The summed E-state index contributed by atoms with van der Waals surface area (Å²) in [5, 5.41) is 2.94. The molecule has 1 N–H and O–H groups in total. The fourth-order valence-electron chi connectivity index (χ4n) is 1.99. The lowest BCUT2D eigenvalue weighted by Gasteiger charge is -2.31. The number of nitrogens with zero attached hydrogens (tertiary/aromatic N) is 2. The molecule has 0 bridgehead atoms. The summed E-state index contributed by atoms with van der Waals surface area (Å²) in [7, 11) is 2.11. The monoisotopic (exact) mass is 389 g/mol. The quantitative estimate of drug-likeness (QED) is 0.860. The molecule has 1 aliphatic rings. The molecule has 19 heavy (non-hydrogen) atoms. The number of piperazine rings is 1. The van der Waals surface area contributed by atoms with E-state index in [0.29, 0.717) is 6.54 Å². The van der Waals surface area contributed by atoms with Gasteiger partial charge in [-0.15, -0.1) is 0 Å². The molecule has 1 fully saturated rings. The van der Waals surface area contributed by atoms with E-state index in [4.69, 9.17) is 0 Å². The first-order valence-corrected chi connectivity index (χ1v) is 7.79. The number of nitrogens with one attached hydrogen (secondary N) is 1. The SMILES string of the molecule is CN1CCN(CC(=O)Nc2cc(Br)ccc2Br)CC1. The molecule has 1 saturated heterocycles. The van der Waals surface area contributed by atoms with E-state index in [0.717, 1.165) is 40.8 Å². The van der Waals surface area contributed by atoms with Gasteiger partial charge in [-0.2, -0.15) is 0 Å². The van der Waals surface area contributed by atoms with Crippen LogP contribution in [0.15, 0.2) is 27.1 Å². The van der Waals surface area contributed by atoms with Gasteiger partial charge in [0.1, 0.15) is 0 Å². The van der Waals surface area contributed by atoms with Crippen molar-refractivity contribution in [2.24, 2.45) is 0 Å². The van der Waals surface area contributed by atoms with Crippen LogP contribution in [-0.4, -0.2) is 55.5 Å². The van der Waals surface area contributed by atoms with Crippen LogP contribution in [0.1, 0.15) is 0 Å². The molecule has 0 atom stereocenters. The molecule has 4 nitrogen and oxygen atoms in total. The molecule has 1 heterocycles. The van der Waals surface area contributed by atoms with Crippen LogP contribution < -0.4 is 5.32 Å². The molecule has 6 heteroatoms. The zero-order valence-corrected chi connectivity index (χ0v) is 14.0. The van der Waals surface area contributed by atoms with E-state index in [1.165, 1.54) is 0 Å². The average Bonchev–Trinajstić information content (AvgIpc) is 2.37. The van der Waals surface area contributed by atoms with Gasteiger partial charge in [0.25, 0.3) is 0 Å². The Balaban J connectivity index is 1.89. The molecular formula is C13H17Br2N3O. The number of anilines is 1. The van der Waals surface area contributed by atoms with Gasteiger partial charge in [-0.25, -0.2) is 0 Å². The lowest BCUT2D eigenvalue weighted by Crippen LogP contribution is -2.47. The Morgan fingerprint density at radius 2 is 1.95 bits per heavy atom. The van der Waals surface area contributed by atoms with Crippen LogP contribution in [0.4, 0.5) is 5.69 Å². The third-order valence-corrected chi connectivity index (χ3v) is 4.35. The van der Waals surface area contributed by atoms with E-state index < -0.39 is 0 Å². The highest BCUT2D eigenvalue weighted by Crippen LogP contribution is 2.26. The van der Waals surface area contributed by atoms with Gasteiger partial charge in [-0.3, -0.25) is 9.69 Å². The number of rotatable bonds is 3. The third-order valence-electron chi connectivity index (χ3n) is 3.17. The van der Waals surface area contributed by atoms with Crippen LogP contribution in [0, 0.1) is 0 Å². The number of carbonyl (C=O) groups excluding carboxylic acids is 1. The Labute approximate surface area is 130 Å². The number of carbonyl (C=O) groups is 1.